The normalized spacial score (nSPS) is 15.6. The van der Waals surface area contributed by atoms with Gasteiger partial charge in [-0.2, -0.15) is 0 Å². The third-order valence-electron chi connectivity index (χ3n) is 4.96. The van der Waals surface area contributed by atoms with E-state index in [1.165, 1.54) is 6.07 Å². The van der Waals surface area contributed by atoms with Gasteiger partial charge in [0.2, 0.25) is 0 Å². The number of ether oxygens (including phenoxy) is 1. The van der Waals surface area contributed by atoms with E-state index in [1.54, 1.807) is 19.1 Å². The standard InChI is InChI=1S/C21H20FNO2/c1-13-10-15(2-5-19(13)22)20-18-4-3-17(24)11-16(18)12-23-21(20)14-6-8-25-9-7-14/h2-5,10-12,14,24H,6-9H2,1H3. The Hall–Kier alpha value is -2.46. The van der Waals surface area contributed by atoms with Crippen molar-refractivity contribution < 1.29 is 14.2 Å². The lowest BCUT2D eigenvalue weighted by Gasteiger charge is -2.25. The summed E-state index contributed by atoms with van der Waals surface area (Å²) in [4.78, 5) is 4.74. The number of aromatic nitrogens is 1. The number of benzene rings is 2. The predicted octanol–water partition coefficient (Wildman–Crippen LogP) is 4.95. The third kappa shape index (κ3) is 2.98. The van der Waals surface area contributed by atoms with Crippen LogP contribution in [0.4, 0.5) is 4.39 Å². The van der Waals surface area contributed by atoms with Crippen LogP contribution in [0.2, 0.25) is 0 Å². The predicted molar refractivity (Wildman–Crippen MR) is 96.3 cm³/mol. The molecule has 2 heterocycles. The number of rotatable bonds is 2. The van der Waals surface area contributed by atoms with Gasteiger partial charge >= 0.3 is 0 Å². The number of nitrogens with zero attached hydrogens (tertiary/aromatic N) is 1. The van der Waals surface area contributed by atoms with Crippen molar-refractivity contribution in [2.24, 2.45) is 0 Å². The Kier molecular flexibility index (Phi) is 4.14. The van der Waals surface area contributed by atoms with E-state index in [-0.39, 0.29) is 11.6 Å². The first-order chi connectivity index (χ1) is 12.1. The molecule has 4 heteroatoms. The number of phenolic OH excluding ortho intramolecular Hbond substituents is 1. The zero-order valence-electron chi connectivity index (χ0n) is 14.1. The summed E-state index contributed by atoms with van der Waals surface area (Å²) in [5.41, 5.74) is 3.65. The molecule has 1 saturated heterocycles. The second kappa shape index (κ2) is 6.45. The molecule has 0 bridgehead atoms. The van der Waals surface area contributed by atoms with Crippen LogP contribution in [0.5, 0.6) is 5.75 Å². The molecule has 25 heavy (non-hydrogen) atoms. The van der Waals surface area contributed by atoms with Gasteiger partial charge in [0.25, 0.3) is 0 Å². The van der Waals surface area contributed by atoms with Crippen LogP contribution in [0.3, 0.4) is 0 Å². The van der Waals surface area contributed by atoms with Crippen LogP contribution in [0.15, 0.2) is 42.6 Å². The highest BCUT2D eigenvalue weighted by molar-refractivity contribution is 5.98. The maximum Gasteiger partial charge on any atom is 0.126 e. The molecular weight excluding hydrogens is 317 g/mol. The summed E-state index contributed by atoms with van der Waals surface area (Å²) in [6.45, 7) is 3.25. The smallest absolute Gasteiger partial charge is 0.126 e. The molecule has 0 atom stereocenters. The number of aromatic hydroxyl groups is 1. The second-order valence-corrected chi connectivity index (χ2v) is 6.64. The van der Waals surface area contributed by atoms with Crippen LogP contribution in [-0.2, 0) is 4.74 Å². The molecule has 3 aromatic rings. The highest BCUT2D eigenvalue weighted by atomic mass is 19.1. The van der Waals surface area contributed by atoms with Gasteiger partial charge < -0.3 is 9.84 Å². The maximum atomic E-state index is 13.8. The molecule has 0 saturated carbocycles. The van der Waals surface area contributed by atoms with Gasteiger partial charge in [-0.25, -0.2) is 4.39 Å². The van der Waals surface area contributed by atoms with E-state index >= 15 is 0 Å². The van der Waals surface area contributed by atoms with E-state index in [9.17, 15) is 9.50 Å². The van der Waals surface area contributed by atoms with Crippen molar-refractivity contribution in [2.45, 2.75) is 25.7 Å². The molecule has 128 valence electrons. The summed E-state index contributed by atoms with van der Waals surface area (Å²) >= 11 is 0. The van der Waals surface area contributed by atoms with Gasteiger partial charge in [-0.15, -0.1) is 0 Å². The fraction of sp³-hybridized carbons (Fsp3) is 0.286. The van der Waals surface area contributed by atoms with Crippen molar-refractivity contribution in [2.75, 3.05) is 13.2 Å². The van der Waals surface area contributed by atoms with E-state index in [4.69, 9.17) is 9.72 Å². The monoisotopic (exact) mass is 337 g/mol. The second-order valence-electron chi connectivity index (χ2n) is 6.64. The Bertz CT molecular complexity index is 933. The minimum atomic E-state index is -0.206. The summed E-state index contributed by atoms with van der Waals surface area (Å²) in [6, 6.07) is 10.5. The number of phenols is 1. The van der Waals surface area contributed by atoms with Crippen molar-refractivity contribution in [1.29, 1.82) is 0 Å². The first kappa shape index (κ1) is 16.0. The summed E-state index contributed by atoms with van der Waals surface area (Å²) in [7, 11) is 0. The van der Waals surface area contributed by atoms with Crippen LogP contribution in [0, 0.1) is 12.7 Å². The van der Waals surface area contributed by atoms with Crippen LogP contribution in [-0.4, -0.2) is 23.3 Å². The van der Waals surface area contributed by atoms with Crippen molar-refractivity contribution in [3.8, 4) is 16.9 Å². The molecule has 0 radical (unpaired) electrons. The van der Waals surface area contributed by atoms with Crippen LogP contribution in [0.1, 0.15) is 30.0 Å². The van der Waals surface area contributed by atoms with Crippen LogP contribution >= 0.6 is 0 Å². The van der Waals surface area contributed by atoms with E-state index in [2.05, 4.69) is 0 Å². The summed E-state index contributed by atoms with van der Waals surface area (Å²) in [5.74, 6) is 0.337. The first-order valence-electron chi connectivity index (χ1n) is 8.59. The molecule has 1 aliphatic rings. The molecule has 0 amide bonds. The zero-order chi connectivity index (χ0) is 17.4. The van der Waals surface area contributed by atoms with Gasteiger partial charge in [0.05, 0.1) is 5.69 Å². The molecule has 0 spiro atoms. The average Bonchev–Trinajstić information content (AvgIpc) is 2.63. The minimum Gasteiger partial charge on any atom is -0.508 e. The maximum absolute atomic E-state index is 13.8. The fourth-order valence-electron chi connectivity index (χ4n) is 3.61. The quantitative estimate of drug-likeness (QED) is 0.719. The lowest BCUT2D eigenvalue weighted by Crippen LogP contribution is -2.16. The molecule has 0 aliphatic carbocycles. The largest absolute Gasteiger partial charge is 0.508 e. The molecule has 2 aromatic carbocycles. The van der Waals surface area contributed by atoms with Gasteiger partial charge in [0.15, 0.2) is 0 Å². The third-order valence-corrected chi connectivity index (χ3v) is 4.96. The number of hydrogen-bond donors (Lipinski definition) is 1. The van der Waals surface area contributed by atoms with Crippen LogP contribution < -0.4 is 0 Å². The minimum absolute atomic E-state index is 0.206. The molecule has 1 fully saturated rings. The first-order valence-corrected chi connectivity index (χ1v) is 8.59. The summed E-state index contributed by atoms with van der Waals surface area (Å²) < 4.78 is 19.3. The van der Waals surface area contributed by atoms with E-state index in [0.717, 1.165) is 53.6 Å². The highest BCUT2D eigenvalue weighted by Gasteiger charge is 2.23. The molecule has 3 nitrogen and oxygen atoms in total. The van der Waals surface area contributed by atoms with Crippen molar-refractivity contribution >= 4 is 10.8 Å². The van der Waals surface area contributed by atoms with Gasteiger partial charge in [0, 0.05) is 36.3 Å². The van der Waals surface area contributed by atoms with Gasteiger partial charge in [-0.3, -0.25) is 4.98 Å². The Morgan fingerprint density at radius 1 is 1.12 bits per heavy atom. The fourth-order valence-corrected chi connectivity index (χ4v) is 3.61. The Labute approximate surface area is 146 Å². The molecule has 4 rings (SSSR count). The van der Waals surface area contributed by atoms with Crippen molar-refractivity contribution in [1.82, 2.24) is 4.98 Å². The number of pyridine rings is 1. The summed E-state index contributed by atoms with van der Waals surface area (Å²) in [5, 5.41) is 11.7. The van der Waals surface area contributed by atoms with E-state index in [1.807, 2.05) is 24.4 Å². The number of aryl methyl sites for hydroxylation is 1. The average molecular weight is 337 g/mol. The van der Waals surface area contributed by atoms with Gasteiger partial charge in [-0.05, 0) is 66.6 Å². The van der Waals surface area contributed by atoms with Crippen molar-refractivity contribution in [3.63, 3.8) is 0 Å². The molecule has 0 unspecified atom stereocenters. The lowest BCUT2D eigenvalue weighted by atomic mass is 9.87. The van der Waals surface area contributed by atoms with E-state index in [0.29, 0.717) is 11.5 Å². The Morgan fingerprint density at radius 2 is 1.92 bits per heavy atom. The SMILES string of the molecule is Cc1cc(-c2c(C3CCOCC3)ncc3cc(O)ccc23)ccc1F. The number of halogens is 1. The Balaban J connectivity index is 1.97. The van der Waals surface area contributed by atoms with E-state index < -0.39 is 0 Å². The molecule has 1 aromatic heterocycles. The zero-order valence-corrected chi connectivity index (χ0v) is 14.1. The highest BCUT2D eigenvalue weighted by Crippen LogP contribution is 2.39. The number of fused-ring (bicyclic) bond motifs is 1. The van der Waals surface area contributed by atoms with Gasteiger partial charge in [0.1, 0.15) is 11.6 Å². The molecule has 1 aliphatic heterocycles. The van der Waals surface area contributed by atoms with Gasteiger partial charge in [-0.1, -0.05) is 6.07 Å². The van der Waals surface area contributed by atoms with Crippen LogP contribution in [0.25, 0.3) is 21.9 Å². The lowest BCUT2D eigenvalue weighted by molar-refractivity contribution is 0.0846. The topological polar surface area (TPSA) is 42.4 Å². The Morgan fingerprint density at radius 3 is 2.68 bits per heavy atom. The number of hydrogen-bond acceptors (Lipinski definition) is 3. The molecule has 1 N–H and O–H groups in total. The summed E-state index contributed by atoms with van der Waals surface area (Å²) in [6.07, 6.45) is 3.69. The molecular formula is C21H20FNO2. The van der Waals surface area contributed by atoms with Crippen molar-refractivity contribution in [3.05, 3.63) is 59.7 Å².